The topological polar surface area (TPSA) is 21.4 Å². The maximum absolute atomic E-state index is 7.79. The number of nitrogens with zero attached hydrogens (tertiary/aromatic N) is 2. The smallest absolute Gasteiger partial charge is 0.216 e. The maximum Gasteiger partial charge on any atom is 0.216 e. The van der Waals surface area contributed by atoms with E-state index in [0.717, 1.165) is 44.3 Å². The number of aromatic nitrogens is 1. The quantitative estimate of drug-likeness (QED) is 0.202. The zero-order valence-corrected chi connectivity index (χ0v) is 20.7. The Morgan fingerprint density at radius 1 is 0.824 bits per heavy atom. The van der Waals surface area contributed by atoms with Crippen molar-refractivity contribution in [1.82, 2.24) is 0 Å². The van der Waals surface area contributed by atoms with Crippen LogP contribution in [0.2, 0.25) is 0 Å². The van der Waals surface area contributed by atoms with Gasteiger partial charge in [-0.15, -0.1) is 0 Å². The molecular weight excluding hydrogens is 416 g/mol. The molecule has 3 aromatic carbocycles. The van der Waals surface area contributed by atoms with Crippen molar-refractivity contribution in [2.24, 2.45) is 7.05 Å². The van der Waals surface area contributed by atoms with Gasteiger partial charge in [0.15, 0.2) is 11.4 Å². The van der Waals surface area contributed by atoms with E-state index in [9.17, 15) is 0 Å². The van der Waals surface area contributed by atoms with Crippen LogP contribution in [0.15, 0.2) is 65.1 Å². The first-order valence-electron chi connectivity index (χ1n) is 11.7. The van der Waals surface area contributed by atoms with Crippen molar-refractivity contribution < 1.29 is 8.98 Å². The predicted molar refractivity (Wildman–Crippen MR) is 140 cm³/mol. The second-order valence-electron chi connectivity index (χ2n) is 9.58. The largest absolute Gasteiger partial charge is 0.456 e. The third kappa shape index (κ3) is 3.38. The van der Waals surface area contributed by atoms with Crippen LogP contribution in [0.1, 0.15) is 42.1 Å². The fourth-order valence-electron chi connectivity index (χ4n) is 4.80. The zero-order valence-electron chi connectivity index (χ0n) is 20.7. The first-order chi connectivity index (χ1) is 16.3. The standard InChI is InChI=1S/C31H29N2O/c1-18(2)23-16-21(5)33(7)27(17-23)28-20(4)10-13-24-25-14-15-26(32-6)29(31(25)34-30(24)28)22-11-8-19(3)9-12-22/h8-18H,1-5,7H3/q+1. The minimum atomic E-state index is 0.434. The van der Waals surface area contributed by atoms with Gasteiger partial charge >= 0.3 is 0 Å². The monoisotopic (exact) mass is 445 g/mol. The van der Waals surface area contributed by atoms with Crippen LogP contribution in [0.25, 0.3) is 49.2 Å². The number of hydrogen-bond donors (Lipinski definition) is 0. The molecule has 34 heavy (non-hydrogen) atoms. The SMILES string of the molecule is [C-]#[N+]c1ccc2c(oc3c(-c4cc(C(C)C)cc(C)[n+]4C)c(C)ccc32)c1-c1ccc(C)cc1. The summed E-state index contributed by atoms with van der Waals surface area (Å²) in [5.41, 5.74) is 11.3. The molecule has 168 valence electrons. The third-order valence-electron chi connectivity index (χ3n) is 6.95. The first-order valence-corrected chi connectivity index (χ1v) is 11.7. The number of pyridine rings is 1. The summed E-state index contributed by atoms with van der Waals surface area (Å²) in [7, 11) is 2.12. The lowest BCUT2D eigenvalue weighted by atomic mass is 9.95. The summed E-state index contributed by atoms with van der Waals surface area (Å²) >= 11 is 0. The predicted octanol–water partition coefficient (Wildman–Crippen LogP) is 8.34. The van der Waals surface area contributed by atoms with Crippen molar-refractivity contribution in [1.29, 1.82) is 0 Å². The second kappa shape index (κ2) is 8.15. The Morgan fingerprint density at radius 3 is 2.12 bits per heavy atom. The van der Waals surface area contributed by atoms with Gasteiger partial charge in [-0.05, 0) is 36.5 Å². The zero-order chi connectivity index (χ0) is 24.1. The van der Waals surface area contributed by atoms with Crippen LogP contribution in [0.5, 0.6) is 0 Å². The number of furan rings is 1. The summed E-state index contributed by atoms with van der Waals surface area (Å²) in [5.74, 6) is 0.434. The Bertz CT molecular complexity index is 1610. The highest BCUT2D eigenvalue weighted by atomic mass is 16.3. The van der Waals surface area contributed by atoms with Crippen LogP contribution in [0.3, 0.4) is 0 Å². The summed E-state index contributed by atoms with van der Waals surface area (Å²) in [5, 5.41) is 2.12. The molecule has 0 bridgehead atoms. The minimum absolute atomic E-state index is 0.434. The third-order valence-corrected chi connectivity index (χ3v) is 6.95. The normalized spacial score (nSPS) is 11.5. The van der Waals surface area contributed by atoms with Crippen LogP contribution in [-0.4, -0.2) is 0 Å². The van der Waals surface area contributed by atoms with Crippen LogP contribution >= 0.6 is 0 Å². The van der Waals surface area contributed by atoms with Gasteiger partial charge in [0.25, 0.3) is 0 Å². The van der Waals surface area contributed by atoms with Crippen molar-refractivity contribution in [3.05, 3.63) is 94.5 Å². The average Bonchev–Trinajstić information content (AvgIpc) is 3.19. The first kappa shape index (κ1) is 21.9. The highest BCUT2D eigenvalue weighted by molar-refractivity contribution is 6.15. The minimum Gasteiger partial charge on any atom is -0.456 e. The molecule has 0 amide bonds. The van der Waals surface area contributed by atoms with Gasteiger partial charge in [-0.3, -0.25) is 0 Å². The molecule has 0 fully saturated rings. The lowest BCUT2D eigenvalue weighted by Crippen LogP contribution is -2.35. The molecule has 3 heteroatoms. The van der Waals surface area contributed by atoms with Gasteiger partial charge < -0.3 is 4.42 Å². The lowest BCUT2D eigenvalue weighted by molar-refractivity contribution is -0.666. The molecule has 0 atom stereocenters. The van der Waals surface area contributed by atoms with E-state index in [0.29, 0.717) is 11.6 Å². The molecule has 0 N–H and O–H groups in total. The van der Waals surface area contributed by atoms with Gasteiger partial charge in [0.05, 0.1) is 12.1 Å². The summed E-state index contributed by atoms with van der Waals surface area (Å²) in [6.45, 7) is 18.6. The van der Waals surface area contributed by atoms with Gasteiger partial charge in [-0.1, -0.05) is 67.9 Å². The Kier molecular flexibility index (Phi) is 5.25. The Balaban J connectivity index is 1.90. The molecule has 0 spiro atoms. The van der Waals surface area contributed by atoms with E-state index in [1.54, 1.807) is 0 Å². The molecule has 0 radical (unpaired) electrons. The number of hydrogen-bond acceptors (Lipinski definition) is 1. The Labute approximate surface area is 201 Å². The molecule has 0 aliphatic heterocycles. The summed E-state index contributed by atoms with van der Waals surface area (Å²) in [6, 6.07) is 21.2. The van der Waals surface area contributed by atoms with Gasteiger partial charge in [0, 0.05) is 35.4 Å². The fourth-order valence-corrected chi connectivity index (χ4v) is 4.80. The molecule has 5 rings (SSSR count). The summed E-state index contributed by atoms with van der Waals surface area (Å²) in [6.07, 6.45) is 0. The molecule has 5 aromatic rings. The van der Waals surface area contributed by atoms with Gasteiger partial charge in [-0.25, -0.2) is 4.85 Å². The lowest BCUT2D eigenvalue weighted by Gasteiger charge is -2.11. The van der Waals surface area contributed by atoms with Crippen molar-refractivity contribution in [2.75, 3.05) is 0 Å². The van der Waals surface area contributed by atoms with Crippen LogP contribution < -0.4 is 4.57 Å². The molecule has 0 saturated heterocycles. The highest BCUT2D eigenvalue weighted by Crippen LogP contribution is 2.44. The second-order valence-corrected chi connectivity index (χ2v) is 9.58. The molecule has 2 heterocycles. The van der Waals surface area contributed by atoms with E-state index >= 15 is 0 Å². The molecule has 0 unspecified atom stereocenters. The molecule has 3 nitrogen and oxygen atoms in total. The maximum atomic E-state index is 7.79. The van der Waals surface area contributed by atoms with E-state index in [4.69, 9.17) is 11.0 Å². The number of rotatable bonds is 3. The molecule has 0 aliphatic rings. The molecule has 0 saturated carbocycles. The molecule has 2 aromatic heterocycles. The Hall–Kier alpha value is -3.90. The fraction of sp³-hybridized carbons (Fsp3) is 0.226. The van der Waals surface area contributed by atoms with Crippen molar-refractivity contribution in [2.45, 2.75) is 40.5 Å². The van der Waals surface area contributed by atoms with Gasteiger partial charge in [0.1, 0.15) is 18.2 Å². The van der Waals surface area contributed by atoms with Crippen LogP contribution in [-0.2, 0) is 7.05 Å². The number of fused-ring (bicyclic) bond motifs is 3. The van der Waals surface area contributed by atoms with Crippen molar-refractivity contribution in [3.63, 3.8) is 0 Å². The van der Waals surface area contributed by atoms with E-state index in [1.807, 2.05) is 12.1 Å². The van der Waals surface area contributed by atoms with E-state index < -0.39 is 0 Å². The van der Waals surface area contributed by atoms with Crippen LogP contribution in [0, 0.1) is 27.3 Å². The van der Waals surface area contributed by atoms with Gasteiger partial charge in [-0.2, -0.15) is 4.57 Å². The van der Waals surface area contributed by atoms with Gasteiger partial charge in [0.2, 0.25) is 5.69 Å². The van der Waals surface area contributed by atoms with E-state index in [-0.39, 0.29) is 0 Å². The van der Waals surface area contributed by atoms with E-state index in [1.165, 1.54) is 22.4 Å². The number of benzene rings is 3. The van der Waals surface area contributed by atoms with Crippen molar-refractivity contribution in [3.8, 4) is 22.4 Å². The highest BCUT2D eigenvalue weighted by Gasteiger charge is 2.24. The summed E-state index contributed by atoms with van der Waals surface area (Å²) in [4.78, 5) is 3.83. The molecule has 0 aliphatic carbocycles. The van der Waals surface area contributed by atoms with Crippen LogP contribution in [0.4, 0.5) is 5.69 Å². The Morgan fingerprint density at radius 2 is 1.47 bits per heavy atom. The average molecular weight is 446 g/mol. The summed E-state index contributed by atoms with van der Waals surface area (Å²) < 4.78 is 8.96. The number of aryl methyl sites for hydroxylation is 3. The van der Waals surface area contributed by atoms with E-state index in [2.05, 4.69) is 99.6 Å². The molecular formula is C31H29N2O+. The van der Waals surface area contributed by atoms with Crippen molar-refractivity contribution >= 4 is 27.6 Å².